The number of anilines is 1. The highest BCUT2D eigenvalue weighted by Gasteiger charge is 2.13. The van der Waals surface area contributed by atoms with Crippen LogP contribution < -0.4 is 14.2 Å². The first-order valence-electron chi connectivity index (χ1n) is 11.3. The lowest BCUT2D eigenvalue weighted by Crippen LogP contribution is -2.12. The van der Waals surface area contributed by atoms with Gasteiger partial charge in [-0.1, -0.05) is 61.5 Å². The van der Waals surface area contributed by atoms with E-state index in [1.807, 2.05) is 6.07 Å². The predicted octanol–water partition coefficient (Wildman–Crippen LogP) is 5.04. The average molecular weight is 496 g/mol. The molecule has 7 nitrogen and oxygen atoms in total. The summed E-state index contributed by atoms with van der Waals surface area (Å²) in [6.45, 7) is 2.07. The smallest absolute Gasteiger partial charge is 0.311 e. The molecule has 0 bridgehead atoms. The van der Waals surface area contributed by atoms with Gasteiger partial charge in [0.2, 0.25) is 0 Å². The van der Waals surface area contributed by atoms with E-state index in [9.17, 15) is 18.3 Å². The standard InChI is InChI=1S/C27H29NO6S/c1-2-27(30)34-26-16-7-6-15-25(26)33-19-9-12-23(29)18-17-21-10-8-11-22(20-21)28-35(31,32)24-13-4-3-5-14-24/h3-8,10-11,13-18,20,23,28-29H,2,9,12,19H2,1H3. The van der Waals surface area contributed by atoms with Gasteiger partial charge in [0.05, 0.1) is 17.6 Å². The van der Waals surface area contributed by atoms with Gasteiger partial charge in [0, 0.05) is 12.1 Å². The molecule has 0 amide bonds. The van der Waals surface area contributed by atoms with Gasteiger partial charge in [0.1, 0.15) is 0 Å². The molecule has 1 unspecified atom stereocenters. The van der Waals surface area contributed by atoms with Crippen molar-refractivity contribution in [2.24, 2.45) is 0 Å². The Labute approximate surface area is 206 Å². The lowest BCUT2D eigenvalue weighted by atomic mass is 10.1. The Balaban J connectivity index is 1.49. The van der Waals surface area contributed by atoms with Crippen LogP contribution in [-0.4, -0.2) is 32.2 Å². The third-order valence-corrected chi connectivity index (χ3v) is 6.36. The molecule has 0 radical (unpaired) electrons. The van der Waals surface area contributed by atoms with E-state index < -0.39 is 16.1 Å². The van der Waals surface area contributed by atoms with Crippen molar-refractivity contribution in [3.8, 4) is 11.5 Å². The number of ether oxygens (including phenoxy) is 2. The van der Waals surface area contributed by atoms with Crippen LogP contribution in [0.2, 0.25) is 0 Å². The molecule has 35 heavy (non-hydrogen) atoms. The normalized spacial score (nSPS) is 12.3. The van der Waals surface area contributed by atoms with Crippen molar-refractivity contribution >= 4 is 27.8 Å². The Morgan fingerprint density at radius 3 is 2.46 bits per heavy atom. The number of aliphatic hydroxyl groups is 1. The number of hydrogen-bond acceptors (Lipinski definition) is 6. The minimum Gasteiger partial charge on any atom is -0.490 e. The highest BCUT2D eigenvalue weighted by Crippen LogP contribution is 2.27. The van der Waals surface area contributed by atoms with E-state index in [0.29, 0.717) is 36.6 Å². The van der Waals surface area contributed by atoms with Gasteiger partial charge in [-0.3, -0.25) is 9.52 Å². The second-order valence-electron chi connectivity index (χ2n) is 7.74. The number of sulfonamides is 1. The maximum absolute atomic E-state index is 12.5. The molecule has 0 saturated carbocycles. The number of benzene rings is 3. The molecule has 1 atom stereocenters. The van der Waals surface area contributed by atoms with E-state index in [4.69, 9.17) is 9.47 Å². The molecule has 0 saturated heterocycles. The minimum atomic E-state index is -3.68. The summed E-state index contributed by atoms with van der Waals surface area (Å²) in [5.74, 6) is 0.523. The SMILES string of the molecule is CCC(=O)Oc1ccccc1OCCCC(O)C=Cc1cccc(NS(=O)(=O)c2ccccc2)c1. The highest BCUT2D eigenvalue weighted by atomic mass is 32.2. The fraction of sp³-hybridized carbons (Fsp3) is 0.222. The fourth-order valence-corrected chi connectivity index (χ4v) is 4.23. The van der Waals surface area contributed by atoms with Crippen LogP contribution in [0.5, 0.6) is 11.5 Å². The van der Waals surface area contributed by atoms with Crippen molar-refractivity contribution in [3.05, 3.63) is 90.5 Å². The van der Waals surface area contributed by atoms with Gasteiger partial charge in [-0.25, -0.2) is 8.42 Å². The van der Waals surface area contributed by atoms with Crippen LogP contribution in [0.25, 0.3) is 6.08 Å². The van der Waals surface area contributed by atoms with Crippen LogP contribution in [0, 0.1) is 0 Å². The quantitative estimate of drug-likeness (QED) is 0.207. The molecule has 0 aliphatic rings. The molecule has 0 fully saturated rings. The molecule has 0 heterocycles. The van der Waals surface area contributed by atoms with Crippen LogP contribution in [0.15, 0.2) is 89.8 Å². The molecule has 0 aliphatic carbocycles. The van der Waals surface area contributed by atoms with Gasteiger partial charge in [-0.05, 0) is 54.8 Å². The second-order valence-corrected chi connectivity index (χ2v) is 9.42. The number of aliphatic hydroxyl groups excluding tert-OH is 1. The molecule has 3 rings (SSSR count). The zero-order chi connectivity index (χ0) is 25.1. The maximum Gasteiger partial charge on any atom is 0.311 e. The number of para-hydroxylation sites is 2. The molecule has 0 spiro atoms. The first-order chi connectivity index (χ1) is 16.9. The van der Waals surface area contributed by atoms with Gasteiger partial charge < -0.3 is 14.6 Å². The molecule has 184 valence electrons. The molecular weight excluding hydrogens is 466 g/mol. The van der Waals surface area contributed by atoms with Crippen LogP contribution in [0.3, 0.4) is 0 Å². The van der Waals surface area contributed by atoms with E-state index >= 15 is 0 Å². The van der Waals surface area contributed by atoms with Crippen LogP contribution >= 0.6 is 0 Å². The summed E-state index contributed by atoms with van der Waals surface area (Å²) in [5.41, 5.74) is 1.18. The number of rotatable bonds is 12. The molecule has 2 N–H and O–H groups in total. The number of hydrogen-bond donors (Lipinski definition) is 2. The Kier molecular flexibility index (Phi) is 9.46. The van der Waals surface area contributed by atoms with Gasteiger partial charge in [-0.2, -0.15) is 0 Å². The van der Waals surface area contributed by atoms with E-state index in [1.54, 1.807) is 79.7 Å². The van der Waals surface area contributed by atoms with E-state index in [0.717, 1.165) is 5.56 Å². The topological polar surface area (TPSA) is 102 Å². The maximum atomic E-state index is 12.5. The summed E-state index contributed by atoms with van der Waals surface area (Å²) in [6.07, 6.45) is 4.02. The minimum absolute atomic E-state index is 0.185. The summed E-state index contributed by atoms with van der Waals surface area (Å²) >= 11 is 0. The van der Waals surface area contributed by atoms with Gasteiger partial charge in [0.15, 0.2) is 11.5 Å². The van der Waals surface area contributed by atoms with Crippen LogP contribution in [0.1, 0.15) is 31.7 Å². The Morgan fingerprint density at radius 2 is 1.71 bits per heavy atom. The zero-order valence-electron chi connectivity index (χ0n) is 19.5. The summed E-state index contributed by atoms with van der Waals surface area (Å²) in [5, 5.41) is 10.3. The van der Waals surface area contributed by atoms with Gasteiger partial charge >= 0.3 is 5.97 Å². The van der Waals surface area contributed by atoms with Crippen molar-refractivity contribution < 1.29 is 27.8 Å². The lowest BCUT2D eigenvalue weighted by Gasteiger charge is -2.12. The first-order valence-corrected chi connectivity index (χ1v) is 12.8. The summed E-state index contributed by atoms with van der Waals surface area (Å²) < 4.78 is 38.6. The van der Waals surface area contributed by atoms with E-state index in [-0.39, 0.29) is 17.3 Å². The Hall–Kier alpha value is -3.62. The Morgan fingerprint density at radius 1 is 1.00 bits per heavy atom. The molecule has 0 aliphatic heterocycles. The summed E-state index contributed by atoms with van der Waals surface area (Å²) in [4.78, 5) is 11.7. The summed E-state index contributed by atoms with van der Waals surface area (Å²) in [7, 11) is -3.68. The largest absolute Gasteiger partial charge is 0.490 e. The van der Waals surface area contributed by atoms with Crippen molar-refractivity contribution in [1.82, 2.24) is 0 Å². The van der Waals surface area contributed by atoms with E-state index in [1.165, 1.54) is 12.1 Å². The first kappa shape index (κ1) is 26.0. The van der Waals surface area contributed by atoms with Crippen molar-refractivity contribution in [1.29, 1.82) is 0 Å². The average Bonchev–Trinajstić information content (AvgIpc) is 2.86. The highest BCUT2D eigenvalue weighted by molar-refractivity contribution is 7.92. The number of nitrogens with one attached hydrogen (secondary N) is 1. The molecule has 3 aromatic rings. The third-order valence-electron chi connectivity index (χ3n) is 4.97. The van der Waals surface area contributed by atoms with E-state index in [2.05, 4.69) is 4.72 Å². The number of carbonyl (C=O) groups excluding carboxylic acids is 1. The second kappa shape index (κ2) is 12.7. The lowest BCUT2D eigenvalue weighted by molar-refractivity contribution is -0.134. The van der Waals surface area contributed by atoms with Crippen molar-refractivity contribution in [3.63, 3.8) is 0 Å². The zero-order valence-corrected chi connectivity index (χ0v) is 20.3. The predicted molar refractivity (Wildman–Crippen MR) is 136 cm³/mol. The Bertz CT molecular complexity index is 1240. The van der Waals surface area contributed by atoms with Crippen molar-refractivity contribution in [2.45, 2.75) is 37.2 Å². The number of esters is 1. The molecular formula is C27H29NO6S. The van der Waals surface area contributed by atoms with Gasteiger partial charge in [-0.15, -0.1) is 0 Å². The fourth-order valence-electron chi connectivity index (χ4n) is 3.16. The van der Waals surface area contributed by atoms with Crippen LogP contribution in [0.4, 0.5) is 5.69 Å². The molecule has 8 heteroatoms. The monoisotopic (exact) mass is 495 g/mol. The molecule has 3 aromatic carbocycles. The van der Waals surface area contributed by atoms with Crippen LogP contribution in [-0.2, 0) is 14.8 Å². The number of carbonyl (C=O) groups is 1. The third kappa shape index (κ3) is 8.27. The molecule has 0 aromatic heterocycles. The van der Waals surface area contributed by atoms with Crippen molar-refractivity contribution in [2.75, 3.05) is 11.3 Å². The van der Waals surface area contributed by atoms with Gasteiger partial charge in [0.25, 0.3) is 10.0 Å². The summed E-state index contributed by atoms with van der Waals surface area (Å²) in [6, 6.07) is 22.0.